The zero-order valence-corrected chi connectivity index (χ0v) is 25.9. The molecule has 2 fully saturated rings. The lowest BCUT2D eigenvalue weighted by atomic mass is 10.1. The highest BCUT2D eigenvalue weighted by atomic mass is 127. The lowest BCUT2D eigenvalue weighted by Crippen LogP contribution is -2.51. The van der Waals surface area contributed by atoms with Gasteiger partial charge in [0.1, 0.15) is 19.0 Å². The molecule has 0 aromatic heterocycles. The van der Waals surface area contributed by atoms with Crippen molar-refractivity contribution in [3.8, 4) is 11.5 Å². The Balaban J connectivity index is 1.24. The van der Waals surface area contributed by atoms with Crippen LogP contribution in [0.25, 0.3) is 6.08 Å². The van der Waals surface area contributed by atoms with Crippen molar-refractivity contribution in [3.63, 3.8) is 0 Å². The minimum absolute atomic E-state index is 0.154. The van der Waals surface area contributed by atoms with E-state index in [1.54, 1.807) is 29.2 Å². The van der Waals surface area contributed by atoms with Crippen LogP contribution in [0.3, 0.4) is 0 Å². The van der Waals surface area contributed by atoms with E-state index in [-0.39, 0.29) is 29.8 Å². The fourth-order valence-electron chi connectivity index (χ4n) is 4.73. The SMILES string of the molecule is CCOc1cc(/C=C2/SC(=O)N(CC(=O)N3CCN(c4ccccc4)CC3)C2=O)cc(I)c1OCc1cccc(F)c1. The average molecular weight is 702 g/mol. The van der Waals surface area contributed by atoms with E-state index in [1.807, 2.05) is 43.3 Å². The largest absolute Gasteiger partial charge is 0.490 e. The molecule has 0 atom stereocenters. The molecule has 2 aliphatic heterocycles. The number of hydrogen-bond donors (Lipinski definition) is 0. The molecule has 3 aromatic carbocycles. The van der Waals surface area contributed by atoms with Gasteiger partial charge in [-0.3, -0.25) is 19.3 Å². The summed E-state index contributed by atoms with van der Waals surface area (Å²) >= 11 is 2.93. The van der Waals surface area contributed by atoms with Gasteiger partial charge in [0.25, 0.3) is 11.1 Å². The summed E-state index contributed by atoms with van der Waals surface area (Å²) in [5.74, 6) is -0.117. The number of piperazine rings is 1. The molecule has 0 N–H and O–H groups in total. The van der Waals surface area contributed by atoms with Crippen LogP contribution in [0.4, 0.5) is 14.9 Å². The first-order valence-corrected chi connectivity index (χ1v) is 15.4. The van der Waals surface area contributed by atoms with Crippen molar-refractivity contribution in [2.75, 3.05) is 44.2 Å². The predicted octanol–water partition coefficient (Wildman–Crippen LogP) is 5.79. The van der Waals surface area contributed by atoms with Gasteiger partial charge in [-0.25, -0.2) is 4.39 Å². The number of carbonyl (C=O) groups excluding carboxylic acids is 3. The number of carbonyl (C=O) groups is 3. The fourth-order valence-corrected chi connectivity index (χ4v) is 6.35. The summed E-state index contributed by atoms with van der Waals surface area (Å²) in [6, 6.07) is 19.7. The Kier molecular flexibility index (Phi) is 9.68. The molecule has 0 radical (unpaired) electrons. The topological polar surface area (TPSA) is 79.4 Å². The van der Waals surface area contributed by atoms with Crippen molar-refractivity contribution in [2.45, 2.75) is 13.5 Å². The zero-order valence-electron chi connectivity index (χ0n) is 22.9. The van der Waals surface area contributed by atoms with E-state index in [9.17, 15) is 18.8 Å². The van der Waals surface area contributed by atoms with Crippen molar-refractivity contribution < 1.29 is 28.2 Å². The molecule has 0 unspecified atom stereocenters. The molecule has 3 amide bonds. The lowest BCUT2D eigenvalue weighted by Gasteiger charge is -2.36. The Bertz CT molecular complexity index is 1510. The number of thioether (sulfide) groups is 1. The van der Waals surface area contributed by atoms with Crippen LogP contribution in [0.15, 0.2) is 71.6 Å². The summed E-state index contributed by atoms with van der Waals surface area (Å²) in [7, 11) is 0. The first-order valence-electron chi connectivity index (χ1n) is 13.5. The van der Waals surface area contributed by atoms with Crippen molar-refractivity contribution in [1.82, 2.24) is 9.80 Å². The van der Waals surface area contributed by atoms with E-state index in [1.165, 1.54) is 12.1 Å². The minimum atomic E-state index is -0.499. The van der Waals surface area contributed by atoms with Gasteiger partial charge in [-0.2, -0.15) is 0 Å². The maximum atomic E-state index is 13.6. The number of nitrogens with zero attached hydrogens (tertiary/aromatic N) is 3. The molecule has 0 saturated carbocycles. The molecule has 8 nitrogen and oxygen atoms in total. The Morgan fingerprint density at radius 3 is 2.48 bits per heavy atom. The first kappa shape index (κ1) is 29.9. The van der Waals surface area contributed by atoms with Crippen LogP contribution in [0.5, 0.6) is 11.5 Å². The van der Waals surface area contributed by atoms with Gasteiger partial charge < -0.3 is 19.3 Å². The summed E-state index contributed by atoms with van der Waals surface area (Å²) in [6.07, 6.45) is 1.62. The molecule has 3 aromatic rings. The molecule has 2 heterocycles. The highest BCUT2D eigenvalue weighted by molar-refractivity contribution is 14.1. The van der Waals surface area contributed by atoms with Gasteiger partial charge in [0.15, 0.2) is 11.5 Å². The number of amides is 3. The van der Waals surface area contributed by atoms with Crippen molar-refractivity contribution in [1.29, 1.82) is 0 Å². The second kappa shape index (κ2) is 13.6. The highest BCUT2D eigenvalue weighted by Crippen LogP contribution is 2.38. The molecule has 2 saturated heterocycles. The monoisotopic (exact) mass is 701 g/mol. The lowest BCUT2D eigenvalue weighted by molar-refractivity contribution is -0.136. The summed E-state index contributed by atoms with van der Waals surface area (Å²) in [4.78, 5) is 44.1. The van der Waals surface area contributed by atoms with Crippen LogP contribution in [0.1, 0.15) is 18.1 Å². The van der Waals surface area contributed by atoms with Gasteiger partial charge in [0, 0.05) is 31.9 Å². The quantitative estimate of drug-likeness (QED) is 0.207. The fraction of sp³-hybridized carbons (Fsp3) is 0.258. The predicted molar refractivity (Wildman–Crippen MR) is 169 cm³/mol. The number of imide groups is 1. The summed E-state index contributed by atoms with van der Waals surface area (Å²) in [5.41, 5.74) is 2.43. The smallest absolute Gasteiger partial charge is 0.294 e. The Hall–Kier alpha value is -3.58. The average Bonchev–Trinajstić information content (AvgIpc) is 3.24. The van der Waals surface area contributed by atoms with Crippen LogP contribution in [-0.4, -0.2) is 66.2 Å². The minimum Gasteiger partial charge on any atom is -0.490 e. The van der Waals surface area contributed by atoms with Crippen LogP contribution < -0.4 is 14.4 Å². The van der Waals surface area contributed by atoms with Gasteiger partial charge in [0.2, 0.25) is 5.91 Å². The Morgan fingerprint density at radius 1 is 1.00 bits per heavy atom. The second-order valence-corrected chi connectivity index (χ2v) is 11.8. The molecule has 11 heteroatoms. The van der Waals surface area contributed by atoms with E-state index in [0.29, 0.717) is 55.4 Å². The van der Waals surface area contributed by atoms with Gasteiger partial charge in [-0.05, 0) is 94.9 Å². The summed E-state index contributed by atoms with van der Waals surface area (Å²) in [6.45, 7) is 4.50. The van der Waals surface area contributed by atoms with Gasteiger partial charge in [-0.1, -0.05) is 30.3 Å². The van der Waals surface area contributed by atoms with Gasteiger partial charge in [-0.15, -0.1) is 0 Å². The van der Waals surface area contributed by atoms with E-state index >= 15 is 0 Å². The Labute approximate surface area is 261 Å². The summed E-state index contributed by atoms with van der Waals surface area (Å²) in [5, 5.41) is -0.475. The molecule has 218 valence electrons. The molecule has 0 aliphatic carbocycles. The van der Waals surface area contributed by atoms with Gasteiger partial charge >= 0.3 is 0 Å². The number of benzene rings is 3. The summed E-state index contributed by atoms with van der Waals surface area (Å²) < 4.78 is 26.1. The number of hydrogen-bond acceptors (Lipinski definition) is 7. The van der Waals surface area contributed by atoms with Crippen LogP contribution >= 0.6 is 34.4 Å². The highest BCUT2D eigenvalue weighted by Gasteiger charge is 2.37. The molecule has 0 bridgehead atoms. The number of ether oxygens (including phenoxy) is 2. The van der Waals surface area contributed by atoms with Gasteiger partial charge in [0.05, 0.1) is 15.1 Å². The standard InChI is InChI=1S/C31H29FIN3O5S/c1-2-40-26-17-22(16-25(33)29(26)41-20-21-7-6-8-23(32)15-21)18-27-30(38)36(31(39)42-27)19-28(37)35-13-11-34(12-14-35)24-9-4-3-5-10-24/h3-10,15-18H,2,11-14,19-20H2,1H3/b27-18+. The molecular weight excluding hydrogens is 672 g/mol. The van der Waals surface area contributed by atoms with Crippen LogP contribution in [-0.2, 0) is 16.2 Å². The van der Waals surface area contributed by atoms with E-state index < -0.39 is 11.1 Å². The number of rotatable bonds is 9. The van der Waals surface area contributed by atoms with E-state index in [2.05, 4.69) is 27.5 Å². The van der Waals surface area contributed by atoms with E-state index in [0.717, 1.165) is 25.9 Å². The van der Waals surface area contributed by atoms with Crippen LogP contribution in [0, 0.1) is 9.39 Å². The maximum absolute atomic E-state index is 13.6. The van der Waals surface area contributed by atoms with E-state index in [4.69, 9.17) is 9.47 Å². The number of para-hydroxylation sites is 1. The molecule has 0 spiro atoms. The molecule has 42 heavy (non-hydrogen) atoms. The Morgan fingerprint density at radius 2 is 1.76 bits per heavy atom. The molecular formula is C31H29FIN3O5S. The number of anilines is 1. The van der Waals surface area contributed by atoms with Crippen molar-refractivity contribution in [2.24, 2.45) is 0 Å². The van der Waals surface area contributed by atoms with Crippen molar-refractivity contribution in [3.05, 3.63) is 92.1 Å². The third kappa shape index (κ3) is 7.06. The maximum Gasteiger partial charge on any atom is 0.294 e. The molecule has 5 rings (SSSR count). The van der Waals surface area contributed by atoms with Crippen molar-refractivity contribution >= 4 is 63.2 Å². The zero-order chi connectivity index (χ0) is 29.6. The third-order valence-electron chi connectivity index (χ3n) is 6.82. The number of halogens is 2. The third-order valence-corrected chi connectivity index (χ3v) is 8.53. The first-order chi connectivity index (χ1) is 20.3. The normalized spacial score (nSPS) is 16.4. The van der Waals surface area contributed by atoms with Crippen LogP contribution in [0.2, 0.25) is 0 Å². The molecule has 2 aliphatic rings. The second-order valence-electron chi connectivity index (χ2n) is 9.65.